The second kappa shape index (κ2) is 8.01. The highest BCUT2D eigenvalue weighted by Crippen LogP contribution is 2.28. The summed E-state index contributed by atoms with van der Waals surface area (Å²) in [4.78, 5) is 14.6. The van der Waals surface area contributed by atoms with Crippen LogP contribution >= 0.6 is 0 Å². The van der Waals surface area contributed by atoms with E-state index in [0.717, 1.165) is 31.2 Å². The smallest absolute Gasteiger partial charge is 0.308 e. The van der Waals surface area contributed by atoms with E-state index in [1.54, 1.807) is 25.1 Å². The van der Waals surface area contributed by atoms with Crippen molar-refractivity contribution in [3.05, 3.63) is 29.8 Å². The Kier molecular flexibility index (Phi) is 6.27. The minimum atomic E-state index is -3.54. The van der Waals surface area contributed by atoms with Crippen LogP contribution in [-0.4, -0.2) is 31.0 Å². The predicted octanol–water partition coefficient (Wildman–Crippen LogP) is 3.34. The van der Waals surface area contributed by atoms with Gasteiger partial charge < -0.3 is 9.08 Å². The van der Waals surface area contributed by atoms with Crippen molar-refractivity contribution in [3.63, 3.8) is 0 Å². The first-order valence-corrected chi connectivity index (χ1v) is 10.2. The van der Waals surface area contributed by atoms with Crippen LogP contribution in [0.15, 0.2) is 24.3 Å². The van der Waals surface area contributed by atoms with Crippen molar-refractivity contribution >= 4 is 16.0 Å². The Morgan fingerprint density at radius 2 is 1.96 bits per heavy atom. The molecule has 0 spiro atoms. The summed E-state index contributed by atoms with van der Waals surface area (Å²) in [5, 5.41) is 0. The van der Waals surface area contributed by atoms with Gasteiger partial charge in [-0.3, -0.25) is 4.79 Å². The lowest BCUT2D eigenvalue weighted by Gasteiger charge is -2.29. The maximum Gasteiger partial charge on any atom is 0.308 e. The molecule has 0 saturated heterocycles. The molecule has 1 aromatic carbocycles. The highest BCUT2D eigenvalue weighted by molar-refractivity contribution is 7.87. The molecule has 0 radical (unpaired) electrons. The lowest BCUT2D eigenvalue weighted by Crippen LogP contribution is -2.39. The molecule has 0 atom stereocenters. The van der Waals surface area contributed by atoms with Gasteiger partial charge in [-0.1, -0.05) is 25.0 Å². The normalized spacial score (nSPS) is 15.7. The molecule has 1 amide bonds. The summed E-state index contributed by atoms with van der Waals surface area (Å²) in [5.41, 5.74) is 0.874. The van der Waals surface area contributed by atoms with E-state index in [1.165, 1.54) is 0 Å². The summed E-state index contributed by atoms with van der Waals surface area (Å²) >= 11 is 0. The van der Waals surface area contributed by atoms with Gasteiger partial charge in [-0.25, -0.2) is 0 Å². The van der Waals surface area contributed by atoms with Crippen LogP contribution in [0.1, 0.15) is 52.0 Å². The van der Waals surface area contributed by atoms with Crippen molar-refractivity contribution in [3.8, 4) is 5.75 Å². The van der Waals surface area contributed by atoms with E-state index >= 15 is 0 Å². The van der Waals surface area contributed by atoms with Crippen LogP contribution in [0.5, 0.6) is 5.75 Å². The minimum Gasteiger partial charge on any atom is -0.382 e. The van der Waals surface area contributed by atoms with Gasteiger partial charge in [0.1, 0.15) is 5.75 Å². The molecular weight excluding hydrogens is 326 g/mol. The summed E-state index contributed by atoms with van der Waals surface area (Å²) in [5.74, 6) is 0.559. The van der Waals surface area contributed by atoms with E-state index < -0.39 is 10.1 Å². The molecule has 24 heavy (non-hydrogen) atoms. The van der Waals surface area contributed by atoms with Crippen LogP contribution in [0.3, 0.4) is 0 Å². The zero-order valence-corrected chi connectivity index (χ0v) is 15.5. The van der Waals surface area contributed by atoms with Gasteiger partial charge >= 0.3 is 10.1 Å². The van der Waals surface area contributed by atoms with E-state index in [9.17, 15) is 13.2 Å². The molecule has 1 aliphatic rings. The molecule has 0 N–H and O–H groups in total. The third-order valence-electron chi connectivity index (χ3n) is 4.44. The highest BCUT2D eigenvalue weighted by atomic mass is 32.2. The first-order chi connectivity index (χ1) is 11.3. The lowest BCUT2D eigenvalue weighted by atomic mass is 10.0. The van der Waals surface area contributed by atoms with Gasteiger partial charge in [-0.15, -0.1) is 0 Å². The average molecular weight is 353 g/mol. The Labute approximate surface area is 145 Å². The second-order valence-corrected chi connectivity index (χ2v) is 8.48. The van der Waals surface area contributed by atoms with E-state index in [1.807, 2.05) is 24.8 Å². The van der Waals surface area contributed by atoms with Crippen LogP contribution in [0.25, 0.3) is 0 Å². The summed E-state index contributed by atoms with van der Waals surface area (Å²) in [6.45, 7) is 6.03. The topological polar surface area (TPSA) is 63.7 Å². The number of carbonyl (C=O) groups is 1. The van der Waals surface area contributed by atoms with Crippen molar-refractivity contribution in [2.24, 2.45) is 5.92 Å². The Balaban J connectivity index is 2.13. The molecule has 134 valence electrons. The molecule has 0 aromatic heterocycles. The molecule has 0 heterocycles. The van der Waals surface area contributed by atoms with Crippen molar-refractivity contribution in [2.75, 3.05) is 5.75 Å². The van der Waals surface area contributed by atoms with E-state index in [0.29, 0.717) is 12.3 Å². The number of hydrogen-bond donors (Lipinski definition) is 0. The van der Waals surface area contributed by atoms with Crippen molar-refractivity contribution < 1.29 is 17.4 Å². The van der Waals surface area contributed by atoms with Gasteiger partial charge in [0.15, 0.2) is 0 Å². The Bertz CT molecular complexity index is 663. The fourth-order valence-corrected chi connectivity index (χ4v) is 3.53. The van der Waals surface area contributed by atoms with E-state index in [-0.39, 0.29) is 23.6 Å². The molecule has 1 fully saturated rings. The molecular formula is C18H27NO4S. The van der Waals surface area contributed by atoms with Crippen LogP contribution in [0.4, 0.5) is 0 Å². The number of nitrogens with zero attached hydrogens (tertiary/aromatic N) is 1. The van der Waals surface area contributed by atoms with Gasteiger partial charge in [0.05, 0.1) is 5.75 Å². The van der Waals surface area contributed by atoms with Gasteiger partial charge in [0.2, 0.25) is 5.91 Å². The third-order valence-corrected chi connectivity index (χ3v) is 5.59. The van der Waals surface area contributed by atoms with Crippen LogP contribution in [-0.2, 0) is 21.5 Å². The molecule has 1 aromatic rings. The maximum absolute atomic E-state index is 12.8. The standard InChI is InChI=1S/C18H27NO4S/c1-4-24(21,22)23-17-11-7-8-15(12-17)13-19(14(2)3)18(20)16-9-5-6-10-16/h7-8,11-12,14,16H,4-6,9-10,13H2,1-3H3. The second-order valence-electron chi connectivity index (χ2n) is 6.62. The van der Waals surface area contributed by atoms with Gasteiger partial charge in [-0.05, 0) is 51.3 Å². The SMILES string of the molecule is CCS(=O)(=O)Oc1cccc(CN(C(=O)C2CCCC2)C(C)C)c1. The zero-order chi connectivity index (χ0) is 17.7. The number of amides is 1. The largest absolute Gasteiger partial charge is 0.382 e. The Morgan fingerprint density at radius 1 is 1.29 bits per heavy atom. The van der Waals surface area contributed by atoms with Crippen molar-refractivity contribution in [2.45, 2.75) is 59.0 Å². The summed E-state index contributed by atoms with van der Waals surface area (Å²) < 4.78 is 28.3. The van der Waals surface area contributed by atoms with Crippen LogP contribution in [0.2, 0.25) is 0 Å². The average Bonchev–Trinajstić information content (AvgIpc) is 3.06. The first-order valence-electron chi connectivity index (χ1n) is 8.64. The monoisotopic (exact) mass is 353 g/mol. The molecule has 1 saturated carbocycles. The quantitative estimate of drug-likeness (QED) is 0.705. The van der Waals surface area contributed by atoms with E-state index in [2.05, 4.69) is 0 Å². The third kappa shape index (κ3) is 4.97. The lowest BCUT2D eigenvalue weighted by molar-refractivity contribution is -0.137. The summed E-state index contributed by atoms with van der Waals surface area (Å²) in [6.07, 6.45) is 4.20. The Morgan fingerprint density at radius 3 is 2.54 bits per heavy atom. The molecule has 0 unspecified atom stereocenters. The van der Waals surface area contributed by atoms with Crippen molar-refractivity contribution in [1.29, 1.82) is 0 Å². The van der Waals surface area contributed by atoms with E-state index in [4.69, 9.17) is 4.18 Å². The molecule has 1 aliphatic carbocycles. The summed E-state index contributed by atoms with van der Waals surface area (Å²) in [6, 6.07) is 7.07. The summed E-state index contributed by atoms with van der Waals surface area (Å²) in [7, 11) is -3.54. The molecule has 2 rings (SSSR count). The number of hydrogen-bond acceptors (Lipinski definition) is 4. The number of carbonyl (C=O) groups excluding carboxylic acids is 1. The molecule has 0 aliphatic heterocycles. The minimum absolute atomic E-state index is 0.0739. The maximum atomic E-state index is 12.8. The number of benzene rings is 1. The fourth-order valence-electron chi connectivity index (χ4n) is 3.02. The highest BCUT2D eigenvalue weighted by Gasteiger charge is 2.28. The predicted molar refractivity (Wildman–Crippen MR) is 94.2 cm³/mol. The van der Waals surface area contributed by atoms with Gasteiger partial charge in [0, 0.05) is 18.5 Å². The first kappa shape index (κ1) is 18.8. The number of rotatable bonds is 7. The Hall–Kier alpha value is -1.56. The van der Waals surface area contributed by atoms with Crippen LogP contribution in [0, 0.1) is 5.92 Å². The molecule has 5 nitrogen and oxygen atoms in total. The molecule has 0 bridgehead atoms. The molecule has 6 heteroatoms. The van der Waals surface area contributed by atoms with Crippen LogP contribution < -0.4 is 4.18 Å². The van der Waals surface area contributed by atoms with Crippen molar-refractivity contribution in [1.82, 2.24) is 4.90 Å². The zero-order valence-electron chi connectivity index (χ0n) is 14.7. The van der Waals surface area contributed by atoms with Gasteiger partial charge in [0.25, 0.3) is 0 Å². The van der Waals surface area contributed by atoms with Gasteiger partial charge in [-0.2, -0.15) is 8.42 Å². The fraction of sp³-hybridized carbons (Fsp3) is 0.611.